The number of nitrogens with zero attached hydrogens (tertiary/aromatic N) is 5. The van der Waals surface area contributed by atoms with Crippen LogP contribution in [0.1, 0.15) is 29.3 Å². The van der Waals surface area contributed by atoms with Gasteiger partial charge in [0, 0.05) is 44.1 Å². The van der Waals surface area contributed by atoms with Crippen molar-refractivity contribution >= 4 is 6.08 Å². The molecule has 0 spiro atoms. The van der Waals surface area contributed by atoms with E-state index in [1.54, 1.807) is 25.6 Å². The van der Waals surface area contributed by atoms with Gasteiger partial charge in [0.1, 0.15) is 17.9 Å². The smallest absolute Gasteiger partial charge is 0.143 e. The molecule has 3 aromatic rings. The van der Waals surface area contributed by atoms with E-state index in [4.69, 9.17) is 4.74 Å². The third-order valence-corrected chi connectivity index (χ3v) is 7.04. The molecular weight excluding hydrogens is 455 g/mol. The van der Waals surface area contributed by atoms with E-state index < -0.39 is 0 Å². The number of aryl methyl sites for hydroxylation is 1. The van der Waals surface area contributed by atoms with Crippen LogP contribution < -0.4 is 10.1 Å². The summed E-state index contributed by atoms with van der Waals surface area (Å²) in [5.41, 5.74) is 5.33. The van der Waals surface area contributed by atoms with Gasteiger partial charge in [0.25, 0.3) is 0 Å². The number of aromatic nitrogens is 2. The fraction of sp³-hybridized carbons (Fsp3) is 0.393. The highest BCUT2D eigenvalue weighted by Gasteiger charge is 2.40. The average Bonchev–Trinajstić information content (AvgIpc) is 3.49. The fourth-order valence-electron chi connectivity index (χ4n) is 5.18. The Morgan fingerprint density at radius 1 is 1.19 bits per heavy atom. The lowest BCUT2D eigenvalue weighted by atomic mass is 9.99. The van der Waals surface area contributed by atoms with Gasteiger partial charge < -0.3 is 19.5 Å². The molecule has 7 nitrogen and oxygen atoms in total. The molecule has 1 N–H and O–H groups in total. The molecule has 0 saturated carbocycles. The van der Waals surface area contributed by atoms with Crippen LogP contribution in [0.3, 0.4) is 0 Å². The Kier molecular flexibility index (Phi) is 7.09. The number of fused-ring (bicyclic) bond motifs is 1. The highest BCUT2D eigenvalue weighted by atomic mass is 19.1. The summed E-state index contributed by atoms with van der Waals surface area (Å²) in [6.07, 6.45) is 7.12. The highest BCUT2D eigenvalue weighted by Crippen LogP contribution is 2.36. The topological polar surface area (TPSA) is 48.8 Å². The number of nitrogens with one attached hydrogen (secondary N) is 1. The van der Waals surface area contributed by atoms with Crippen molar-refractivity contribution in [2.75, 3.05) is 47.4 Å². The van der Waals surface area contributed by atoms with Crippen molar-refractivity contribution in [2.45, 2.75) is 25.7 Å². The number of likely N-dealkylation sites (N-methyl/N-ethyl adjacent to an activating group) is 1. The summed E-state index contributed by atoms with van der Waals surface area (Å²) in [5.74, 6) is 0.608. The molecule has 36 heavy (non-hydrogen) atoms. The van der Waals surface area contributed by atoms with Crippen LogP contribution in [0.2, 0.25) is 0 Å². The molecule has 1 aromatic heterocycles. The number of rotatable bonds is 7. The van der Waals surface area contributed by atoms with Gasteiger partial charge in [0.05, 0.1) is 24.8 Å². The molecule has 3 heterocycles. The Hall–Kier alpha value is -3.20. The van der Waals surface area contributed by atoms with E-state index in [0.29, 0.717) is 0 Å². The number of benzene rings is 2. The minimum absolute atomic E-state index is 0.107. The summed E-state index contributed by atoms with van der Waals surface area (Å²) in [7, 11) is 5.92. The molecule has 190 valence electrons. The van der Waals surface area contributed by atoms with E-state index in [1.807, 2.05) is 29.8 Å². The number of halogens is 1. The molecule has 0 radical (unpaired) electrons. The Balaban J connectivity index is 1.41. The normalized spacial score (nSPS) is 21.7. The predicted octanol–water partition coefficient (Wildman–Crippen LogP) is 3.87. The van der Waals surface area contributed by atoms with Gasteiger partial charge in [-0.05, 0) is 68.9 Å². The zero-order valence-electron chi connectivity index (χ0n) is 21.5. The van der Waals surface area contributed by atoms with Crippen molar-refractivity contribution in [2.24, 2.45) is 0 Å². The van der Waals surface area contributed by atoms with Crippen LogP contribution in [0.4, 0.5) is 4.39 Å². The lowest BCUT2D eigenvalue weighted by Crippen LogP contribution is -2.57. The van der Waals surface area contributed by atoms with Gasteiger partial charge in [-0.15, -0.1) is 0 Å². The van der Waals surface area contributed by atoms with E-state index in [2.05, 4.69) is 63.4 Å². The van der Waals surface area contributed by atoms with Crippen molar-refractivity contribution < 1.29 is 9.13 Å². The van der Waals surface area contributed by atoms with Gasteiger partial charge in [-0.3, -0.25) is 9.80 Å². The minimum Gasteiger partial charge on any atom is -0.495 e. The molecule has 0 aliphatic carbocycles. The number of hydrogen-bond acceptors (Lipinski definition) is 6. The maximum atomic E-state index is 13.6. The van der Waals surface area contributed by atoms with Gasteiger partial charge in [-0.2, -0.15) is 0 Å². The second-order valence-electron chi connectivity index (χ2n) is 9.91. The molecule has 0 bridgehead atoms. The summed E-state index contributed by atoms with van der Waals surface area (Å²) >= 11 is 0. The zero-order valence-corrected chi connectivity index (χ0v) is 21.5. The van der Waals surface area contributed by atoms with E-state index in [9.17, 15) is 4.39 Å². The summed E-state index contributed by atoms with van der Waals surface area (Å²) in [6.45, 7) is 5.75. The number of hydrogen-bond donors (Lipinski definition) is 1. The van der Waals surface area contributed by atoms with Crippen LogP contribution in [-0.4, -0.2) is 77.9 Å². The average molecular weight is 491 g/mol. The van der Waals surface area contributed by atoms with Crippen LogP contribution in [0.15, 0.2) is 60.7 Å². The highest BCUT2D eigenvalue weighted by molar-refractivity contribution is 5.60. The van der Waals surface area contributed by atoms with Crippen molar-refractivity contribution in [3.8, 4) is 11.4 Å². The summed E-state index contributed by atoms with van der Waals surface area (Å²) in [6, 6.07) is 13.5. The Morgan fingerprint density at radius 3 is 2.69 bits per heavy atom. The van der Waals surface area contributed by atoms with Crippen molar-refractivity contribution in [3.63, 3.8) is 0 Å². The van der Waals surface area contributed by atoms with E-state index >= 15 is 0 Å². The third-order valence-electron chi connectivity index (χ3n) is 7.04. The van der Waals surface area contributed by atoms with E-state index in [-0.39, 0.29) is 18.1 Å². The lowest BCUT2D eigenvalue weighted by molar-refractivity contribution is -0.0191. The summed E-state index contributed by atoms with van der Waals surface area (Å²) < 4.78 is 21.3. The molecule has 1 unspecified atom stereocenters. The van der Waals surface area contributed by atoms with Gasteiger partial charge in [-0.1, -0.05) is 18.2 Å². The van der Waals surface area contributed by atoms with Gasteiger partial charge in [-0.25, -0.2) is 9.37 Å². The number of ether oxygens (including phenoxy) is 1. The van der Waals surface area contributed by atoms with Crippen molar-refractivity contribution in [1.29, 1.82) is 0 Å². The molecule has 2 aliphatic heterocycles. The van der Waals surface area contributed by atoms with Crippen LogP contribution in [0.25, 0.3) is 11.8 Å². The fourth-order valence-corrected chi connectivity index (χ4v) is 5.18. The standard InChI is InChI=1S/C28H35FN6O/c1-20-17-34(19-30-20)26-10-5-21(16-27(26)36-4)15-24-18-35-25(22-6-8-23(29)9-7-22)11-12-33(28(35)31-24)14-13-32(2)3/h5-10,15-17,19,25,28,31H,11-14,18H2,1-4H3/b24-15-/t25-,28?/m0/s1. The molecule has 5 rings (SSSR count). The van der Waals surface area contributed by atoms with Crippen LogP contribution >= 0.6 is 0 Å². The van der Waals surface area contributed by atoms with E-state index in [0.717, 1.165) is 61.0 Å². The van der Waals surface area contributed by atoms with Crippen molar-refractivity contribution in [1.82, 2.24) is 29.6 Å². The Morgan fingerprint density at radius 2 is 2.00 bits per heavy atom. The molecule has 2 atom stereocenters. The largest absolute Gasteiger partial charge is 0.495 e. The van der Waals surface area contributed by atoms with E-state index in [1.165, 1.54) is 5.56 Å². The molecule has 2 fully saturated rings. The Labute approximate surface area is 212 Å². The zero-order chi connectivity index (χ0) is 25.2. The summed E-state index contributed by atoms with van der Waals surface area (Å²) in [4.78, 5) is 11.6. The second kappa shape index (κ2) is 10.4. The number of methoxy groups -OCH3 is 1. The molecule has 2 saturated heterocycles. The minimum atomic E-state index is -0.193. The molecule has 2 aliphatic rings. The maximum absolute atomic E-state index is 13.6. The van der Waals surface area contributed by atoms with Gasteiger partial charge in [0.15, 0.2) is 0 Å². The Bertz CT molecular complexity index is 1220. The first-order valence-corrected chi connectivity index (χ1v) is 12.5. The second-order valence-corrected chi connectivity index (χ2v) is 9.91. The molecule has 8 heteroatoms. The summed E-state index contributed by atoms with van der Waals surface area (Å²) in [5, 5.41) is 3.78. The van der Waals surface area contributed by atoms with Crippen LogP contribution in [0, 0.1) is 12.7 Å². The molecule has 2 aromatic carbocycles. The quantitative estimate of drug-likeness (QED) is 0.543. The van der Waals surface area contributed by atoms with Gasteiger partial charge >= 0.3 is 0 Å². The monoisotopic (exact) mass is 490 g/mol. The SMILES string of the molecule is COc1cc(/C=C2/CN3C(N2)N(CCN(C)C)CC[C@H]3c2ccc(F)cc2)ccc1-n1cnc(C)c1. The first-order chi connectivity index (χ1) is 17.4. The van der Waals surface area contributed by atoms with Crippen molar-refractivity contribution in [3.05, 3.63) is 83.3 Å². The first kappa shape index (κ1) is 24.5. The third kappa shape index (κ3) is 5.16. The van der Waals surface area contributed by atoms with Crippen LogP contribution in [0.5, 0.6) is 5.75 Å². The van der Waals surface area contributed by atoms with Gasteiger partial charge in [0.2, 0.25) is 0 Å². The molecular formula is C28H35FN6O. The van der Waals surface area contributed by atoms with Crippen LogP contribution in [-0.2, 0) is 0 Å². The first-order valence-electron chi connectivity index (χ1n) is 12.5. The maximum Gasteiger partial charge on any atom is 0.143 e. The number of imidazole rings is 1. The predicted molar refractivity (Wildman–Crippen MR) is 140 cm³/mol. The molecule has 0 amide bonds. The lowest BCUT2D eigenvalue weighted by Gasteiger charge is -2.44.